The molecule has 0 radical (unpaired) electrons. The third-order valence-electron chi connectivity index (χ3n) is 3.25. The van der Waals surface area contributed by atoms with E-state index < -0.39 is 12.3 Å². The molecule has 7 nitrogen and oxygen atoms in total. The van der Waals surface area contributed by atoms with E-state index in [2.05, 4.69) is 15.3 Å². The Hall–Kier alpha value is -2.61. The van der Waals surface area contributed by atoms with E-state index in [0.717, 1.165) is 17.3 Å². The molecule has 1 saturated heterocycles. The summed E-state index contributed by atoms with van der Waals surface area (Å²) < 4.78 is 11.1. The van der Waals surface area contributed by atoms with Crippen molar-refractivity contribution < 1.29 is 19.1 Å². The molecule has 2 heterocycles. The van der Waals surface area contributed by atoms with Gasteiger partial charge in [-0.25, -0.2) is 9.97 Å². The molecule has 1 amide bonds. The lowest BCUT2D eigenvalue weighted by molar-refractivity contribution is -0.112. The summed E-state index contributed by atoms with van der Waals surface area (Å²) in [6.45, 7) is 1.74. The topological polar surface area (TPSA) is 90.4 Å². The molecule has 1 aliphatic rings. The number of nitrogens with one attached hydrogen (secondary N) is 1. The van der Waals surface area contributed by atoms with Crippen molar-refractivity contribution >= 4 is 22.1 Å². The van der Waals surface area contributed by atoms with Gasteiger partial charge in [-0.15, -0.1) is 0 Å². The van der Waals surface area contributed by atoms with Gasteiger partial charge < -0.3 is 14.8 Å². The number of carbonyl (C=O) groups is 2. The summed E-state index contributed by atoms with van der Waals surface area (Å²) in [5.41, 5.74) is 0.934. The lowest BCUT2D eigenvalue weighted by Gasteiger charge is -2.15. The molecule has 24 heavy (non-hydrogen) atoms. The molecule has 8 heteroatoms. The molecule has 0 spiro atoms. The minimum Gasteiger partial charge on any atom is -0.455 e. The van der Waals surface area contributed by atoms with Gasteiger partial charge in [-0.3, -0.25) is 9.59 Å². The van der Waals surface area contributed by atoms with Gasteiger partial charge >= 0.3 is 6.01 Å². The molecule has 124 valence electrons. The number of amides is 1. The van der Waals surface area contributed by atoms with E-state index in [1.807, 2.05) is 12.1 Å². The van der Waals surface area contributed by atoms with Crippen LogP contribution in [0.4, 0.5) is 4.79 Å². The zero-order valence-corrected chi connectivity index (χ0v) is 13.7. The monoisotopic (exact) mass is 345 g/mol. The number of benzene rings is 1. The van der Waals surface area contributed by atoms with Crippen molar-refractivity contribution in [2.45, 2.75) is 25.7 Å². The number of thioether (sulfide) groups is 1. The van der Waals surface area contributed by atoms with E-state index in [1.165, 1.54) is 0 Å². The molecule has 2 unspecified atom stereocenters. The van der Waals surface area contributed by atoms with Crippen LogP contribution in [0, 0.1) is 0 Å². The van der Waals surface area contributed by atoms with Gasteiger partial charge in [-0.1, -0.05) is 12.1 Å². The minimum absolute atomic E-state index is 0.148. The van der Waals surface area contributed by atoms with Crippen molar-refractivity contribution in [3.05, 3.63) is 48.3 Å². The van der Waals surface area contributed by atoms with Crippen LogP contribution in [0.15, 0.2) is 42.7 Å². The van der Waals surface area contributed by atoms with Gasteiger partial charge in [0.15, 0.2) is 0 Å². The van der Waals surface area contributed by atoms with Crippen LogP contribution in [0.2, 0.25) is 0 Å². The summed E-state index contributed by atoms with van der Waals surface area (Å²) in [4.78, 5) is 30.7. The van der Waals surface area contributed by atoms with Crippen LogP contribution in [-0.2, 0) is 11.2 Å². The van der Waals surface area contributed by atoms with Crippen molar-refractivity contribution in [2.24, 2.45) is 0 Å². The number of ether oxygens (including phenoxy) is 2. The summed E-state index contributed by atoms with van der Waals surface area (Å²) in [6.07, 6.45) is 3.09. The first-order chi connectivity index (χ1) is 11.6. The van der Waals surface area contributed by atoms with Crippen LogP contribution in [0.1, 0.15) is 12.5 Å². The summed E-state index contributed by atoms with van der Waals surface area (Å²) in [5, 5.41) is 2.20. The van der Waals surface area contributed by atoms with E-state index in [0.29, 0.717) is 12.2 Å². The molecule has 1 aromatic carbocycles. The second kappa shape index (κ2) is 7.31. The molecule has 3 rings (SSSR count). The highest BCUT2D eigenvalue weighted by Gasteiger charge is 2.31. The molecule has 1 N–H and O–H groups in total. The Morgan fingerprint density at radius 3 is 2.50 bits per heavy atom. The Balaban J connectivity index is 1.54. The van der Waals surface area contributed by atoms with Crippen molar-refractivity contribution in [3.8, 4) is 11.8 Å². The Kier molecular flexibility index (Phi) is 4.95. The van der Waals surface area contributed by atoms with Crippen LogP contribution in [0.5, 0.6) is 11.8 Å². The van der Waals surface area contributed by atoms with Gasteiger partial charge in [0, 0.05) is 37.5 Å². The normalized spacial score (nSPS) is 18.1. The summed E-state index contributed by atoms with van der Waals surface area (Å²) in [6, 6.07) is 8.76. The SMILES string of the molecule is CC(Oc1ccc(CC2NC(=O)SC2=O)cc1)Oc1ncccn1. The van der Waals surface area contributed by atoms with Gasteiger partial charge in [-0.05, 0) is 23.8 Å². The largest absolute Gasteiger partial charge is 0.455 e. The van der Waals surface area contributed by atoms with Crippen molar-refractivity contribution in [1.82, 2.24) is 15.3 Å². The average Bonchev–Trinajstić information content (AvgIpc) is 2.87. The first kappa shape index (κ1) is 16.3. The highest BCUT2D eigenvalue weighted by Crippen LogP contribution is 2.21. The summed E-state index contributed by atoms with van der Waals surface area (Å²) in [7, 11) is 0. The molecule has 2 atom stereocenters. The molecular formula is C16H15N3O4S. The van der Waals surface area contributed by atoms with Gasteiger partial charge in [0.1, 0.15) is 11.8 Å². The fraction of sp³-hybridized carbons (Fsp3) is 0.250. The standard InChI is InChI=1S/C16H15N3O4S/c1-10(23-15-17-7-2-8-18-15)22-12-5-3-11(4-6-12)9-13-14(20)24-16(21)19-13/h2-8,10,13H,9H2,1H3,(H,19,21). The first-order valence-electron chi connectivity index (χ1n) is 7.31. The van der Waals surface area contributed by atoms with E-state index in [4.69, 9.17) is 9.47 Å². The Bertz CT molecular complexity index is 724. The number of aromatic nitrogens is 2. The van der Waals surface area contributed by atoms with E-state index in [1.54, 1.807) is 37.5 Å². The van der Waals surface area contributed by atoms with Crippen molar-refractivity contribution in [1.29, 1.82) is 0 Å². The van der Waals surface area contributed by atoms with Gasteiger partial charge in [0.2, 0.25) is 11.4 Å². The number of rotatable bonds is 6. The van der Waals surface area contributed by atoms with Crippen LogP contribution in [-0.4, -0.2) is 32.7 Å². The van der Waals surface area contributed by atoms with Gasteiger partial charge in [-0.2, -0.15) is 0 Å². The highest BCUT2D eigenvalue weighted by molar-refractivity contribution is 8.26. The van der Waals surface area contributed by atoms with Crippen molar-refractivity contribution in [3.63, 3.8) is 0 Å². The maximum absolute atomic E-state index is 11.6. The van der Waals surface area contributed by atoms with Crippen LogP contribution < -0.4 is 14.8 Å². The first-order valence-corrected chi connectivity index (χ1v) is 8.13. The second-order valence-electron chi connectivity index (χ2n) is 5.09. The molecule has 0 saturated carbocycles. The summed E-state index contributed by atoms with van der Waals surface area (Å²) in [5.74, 6) is 0.623. The molecular weight excluding hydrogens is 330 g/mol. The maximum atomic E-state index is 11.6. The Morgan fingerprint density at radius 2 is 1.88 bits per heavy atom. The number of carbonyl (C=O) groups excluding carboxylic acids is 2. The quantitative estimate of drug-likeness (QED) is 0.802. The zero-order chi connectivity index (χ0) is 16.9. The molecule has 0 aliphatic carbocycles. The fourth-order valence-electron chi connectivity index (χ4n) is 2.18. The van der Waals surface area contributed by atoms with Crippen LogP contribution in [0.3, 0.4) is 0 Å². The second-order valence-corrected chi connectivity index (χ2v) is 6.07. The van der Waals surface area contributed by atoms with Gasteiger partial charge in [0.25, 0.3) is 5.24 Å². The molecule has 1 fully saturated rings. The lowest BCUT2D eigenvalue weighted by Crippen LogP contribution is -2.30. The zero-order valence-electron chi connectivity index (χ0n) is 12.8. The molecule has 1 aromatic heterocycles. The van der Waals surface area contributed by atoms with E-state index >= 15 is 0 Å². The highest BCUT2D eigenvalue weighted by atomic mass is 32.2. The molecule has 2 aromatic rings. The lowest BCUT2D eigenvalue weighted by atomic mass is 10.1. The Morgan fingerprint density at radius 1 is 1.17 bits per heavy atom. The number of hydrogen-bond acceptors (Lipinski definition) is 7. The molecule has 0 bridgehead atoms. The fourth-order valence-corrected chi connectivity index (χ4v) is 2.85. The Labute approximate surface area is 142 Å². The van der Waals surface area contributed by atoms with Gasteiger partial charge in [0.05, 0.1) is 0 Å². The van der Waals surface area contributed by atoms with Crippen molar-refractivity contribution in [2.75, 3.05) is 0 Å². The number of hydrogen-bond donors (Lipinski definition) is 1. The van der Waals surface area contributed by atoms with Crippen LogP contribution in [0.25, 0.3) is 0 Å². The van der Waals surface area contributed by atoms with E-state index in [-0.39, 0.29) is 16.4 Å². The third-order valence-corrected chi connectivity index (χ3v) is 4.04. The average molecular weight is 345 g/mol. The molecule has 1 aliphatic heterocycles. The maximum Gasteiger partial charge on any atom is 0.319 e. The van der Waals surface area contributed by atoms with E-state index in [9.17, 15) is 9.59 Å². The smallest absolute Gasteiger partial charge is 0.319 e. The predicted molar refractivity (Wildman–Crippen MR) is 87.8 cm³/mol. The predicted octanol–water partition coefficient (Wildman–Crippen LogP) is 2.17. The third kappa shape index (κ3) is 4.23. The summed E-state index contributed by atoms with van der Waals surface area (Å²) >= 11 is 0.718. The number of nitrogens with zero attached hydrogens (tertiary/aromatic N) is 2. The minimum atomic E-state index is -0.551. The van der Waals surface area contributed by atoms with Crippen LogP contribution >= 0.6 is 11.8 Å².